The number of para-hydroxylation sites is 1. The molecule has 0 bridgehead atoms. The molecule has 2 heterocycles. The van der Waals surface area contributed by atoms with E-state index in [1.807, 2.05) is 18.3 Å². The standard InChI is InChI=1S/C49H32N2/c1-3-10-33(11-4-1)35-12-9-13-36(28-35)38-21-24-44-40(29-38)23-26-46-45-25-22-39(32-48(45)51(49(44)46)43-14-5-2-6-15-43)37-19-17-34-18-20-41(31-42(34)30-37)47-16-7-8-27-50-47/h1-32H. The molecule has 2 aromatic heterocycles. The maximum absolute atomic E-state index is 4.58. The number of fused-ring (bicyclic) bond motifs is 6. The molecule has 0 spiro atoms. The molecule has 51 heavy (non-hydrogen) atoms. The largest absolute Gasteiger partial charge is 0.309 e. The van der Waals surface area contributed by atoms with Crippen LogP contribution in [0, 0.1) is 0 Å². The molecule has 0 radical (unpaired) electrons. The summed E-state index contributed by atoms with van der Waals surface area (Å²) in [6.07, 6.45) is 1.85. The molecule has 0 atom stereocenters. The van der Waals surface area contributed by atoms with Crippen LogP contribution < -0.4 is 0 Å². The van der Waals surface area contributed by atoms with E-state index in [1.54, 1.807) is 0 Å². The van der Waals surface area contributed by atoms with Crippen molar-refractivity contribution in [2.75, 3.05) is 0 Å². The van der Waals surface area contributed by atoms with E-state index in [-0.39, 0.29) is 0 Å². The van der Waals surface area contributed by atoms with Crippen LogP contribution in [0.3, 0.4) is 0 Å². The van der Waals surface area contributed by atoms with Gasteiger partial charge in [0.1, 0.15) is 0 Å². The molecule has 10 rings (SSSR count). The van der Waals surface area contributed by atoms with Gasteiger partial charge in [-0.1, -0.05) is 133 Å². The number of benzene rings is 8. The summed E-state index contributed by atoms with van der Waals surface area (Å²) in [7, 11) is 0. The summed E-state index contributed by atoms with van der Waals surface area (Å²) in [6.45, 7) is 0. The molecule has 0 aliphatic rings. The van der Waals surface area contributed by atoms with Gasteiger partial charge in [-0.05, 0) is 104 Å². The van der Waals surface area contributed by atoms with Gasteiger partial charge in [0.15, 0.2) is 0 Å². The van der Waals surface area contributed by atoms with Crippen LogP contribution in [0.4, 0.5) is 0 Å². The van der Waals surface area contributed by atoms with Crippen LogP contribution in [0.1, 0.15) is 0 Å². The van der Waals surface area contributed by atoms with Crippen molar-refractivity contribution in [1.82, 2.24) is 9.55 Å². The second-order valence-electron chi connectivity index (χ2n) is 13.2. The van der Waals surface area contributed by atoms with Gasteiger partial charge in [0.2, 0.25) is 0 Å². The summed E-state index contributed by atoms with van der Waals surface area (Å²) in [5.41, 5.74) is 13.0. The SMILES string of the molecule is c1ccc(-c2cccc(-c3ccc4c(ccc5c6ccc(-c7ccc8ccc(-c9ccccn9)cc8c7)cc6n(-c6ccccc6)c45)c3)c2)cc1. The zero-order valence-corrected chi connectivity index (χ0v) is 27.9. The Morgan fingerprint density at radius 2 is 0.902 bits per heavy atom. The molecular formula is C49H32N2. The molecular weight excluding hydrogens is 617 g/mol. The molecule has 0 N–H and O–H groups in total. The van der Waals surface area contributed by atoms with Crippen LogP contribution in [0.2, 0.25) is 0 Å². The van der Waals surface area contributed by atoms with Crippen molar-refractivity contribution in [1.29, 1.82) is 0 Å². The third-order valence-corrected chi connectivity index (χ3v) is 10.2. The Labute approximate surface area is 296 Å². The number of nitrogens with zero attached hydrogens (tertiary/aromatic N) is 2. The lowest BCUT2D eigenvalue weighted by Crippen LogP contribution is -1.94. The average molecular weight is 649 g/mol. The van der Waals surface area contributed by atoms with Crippen LogP contribution >= 0.6 is 0 Å². The van der Waals surface area contributed by atoms with Crippen molar-refractivity contribution in [3.8, 4) is 50.3 Å². The molecule has 10 aromatic rings. The Balaban J connectivity index is 1.13. The zero-order valence-electron chi connectivity index (χ0n) is 27.9. The Hall–Kier alpha value is -6.77. The highest BCUT2D eigenvalue weighted by Gasteiger charge is 2.17. The Morgan fingerprint density at radius 3 is 1.69 bits per heavy atom. The van der Waals surface area contributed by atoms with Gasteiger partial charge < -0.3 is 4.57 Å². The van der Waals surface area contributed by atoms with Gasteiger partial charge in [-0.3, -0.25) is 4.98 Å². The molecule has 0 fully saturated rings. The van der Waals surface area contributed by atoms with Crippen LogP contribution in [-0.2, 0) is 0 Å². The highest BCUT2D eigenvalue weighted by molar-refractivity contribution is 6.19. The first-order valence-corrected chi connectivity index (χ1v) is 17.4. The fourth-order valence-corrected chi connectivity index (χ4v) is 7.67. The molecule has 0 aliphatic carbocycles. The van der Waals surface area contributed by atoms with E-state index >= 15 is 0 Å². The van der Waals surface area contributed by atoms with Gasteiger partial charge in [0.05, 0.1) is 16.7 Å². The number of rotatable bonds is 5. The van der Waals surface area contributed by atoms with E-state index in [0.717, 1.165) is 16.9 Å². The van der Waals surface area contributed by atoms with Crippen molar-refractivity contribution in [3.05, 3.63) is 194 Å². The van der Waals surface area contributed by atoms with Gasteiger partial charge >= 0.3 is 0 Å². The highest BCUT2D eigenvalue weighted by Crippen LogP contribution is 2.40. The predicted octanol–water partition coefficient (Wildman–Crippen LogP) is 13.2. The van der Waals surface area contributed by atoms with Crippen LogP contribution in [0.15, 0.2) is 194 Å². The van der Waals surface area contributed by atoms with Crippen LogP contribution in [0.25, 0.3) is 93.7 Å². The summed E-state index contributed by atoms with van der Waals surface area (Å²) < 4.78 is 2.45. The molecule has 0 saturated heterocycles. The smallest absolute Gasteiger partial charge is 0.0702 e. The molecule has 0 unspecified atom stereocenters. The fourth-order valence-electron chi connectivity index (χ4n) is 7.67. The van der Waals surface area contributed by atoms with Gasteiger partial charge in [0, 0.05) is 33.6 Å². The number of pyridine rings is 1. The van der Waals surface area contributed by atoms with Crippen LogP contribution in [0.5, 0.6) is 0 Å². The minimum atomic E-state index is 0.985. The van der Waals surface area contributed by atoms with Gasteiger partial charge in [0.25, 0.3) is 0 Å². The monoisotopic (exact) mass is 648 g/mol. The predicted molar refractivity (Wildman–Crippen MR) is 215 cm³/mol. The van der Waals surface area contributed by atoms with E-state index in [2.05, 4.69) is 185 Å². The Kier molecular flexibility index (Phi) is 6.85. The normalized spacial score (nSPS) is 11.5. The minimum absolute atomic E-state index is 0.985. The summed E-state index contributed by atoms with van der Waals surface area (Å²) in [5, 5.41) is 7.39. The van der Waals surface area contributed by atoms with Crippen molar-refractivity contribution < 1.29 is 0 Å². The first-order valence-electron chi connectivity index (χ1n) is 17.4. The molecule has 0 saturated carbocycles. The van der Waals surface area contributed by atoms with E-state index in [1.165, 1.54) is 76.7 Å². The Morgan fingerprint density at radius 1 is 0.333 bits per heavy atom. The fraction of sp³-hybridized carbons (Fsp3) is 0. The number of hydrogen-bond donors (Lipinski definition) is 0. The van der Waals surface area contributed by atoms with E-state index < -0.39 is 0 Å². The minimum Gasteiger partial charge on any atom is -0.309 e. The molecule has 8 aromatic carbocycles. The molecule has 0 amide bonds. The maximum Gasteiger partial charge on any atom is 0.0702 e. The molecule has 2 nitrogen and oxygen atoms in total. The summed E-state index contributed by atoms with van der Waals surface area (Å²) in [6, 6.07) is 68.1. The zero-order chi connectivity index (χ0) is 33.7. The lowest BCUT2D eigenvalue weighted by molar-refractivity contribution is 1.19. The second kappa shape index (κ2) is 12.0. The molecule has 2 heteroatoms. The molecule has 0 aliphatic heterocycles. The Bertz CT molecular complexity index is 2890. The highest BCUT2D eigenvalue weighted by atomic mass is 15.0. The lowest BCUT2D eigenvalue weighted by atomic mass is 9.96. The topological polar surface area (TPSA) is 17.8 Å². The van der Waals surface area contributed by atoms with Crippen LogP contribution in [-0.4, -0.2) is 9.55 Å². The van der Waals surface area contributed by atoms with Crippen molar-refractivity contribution >= 4 is 43.4 Å². The van der Waals surface area contributed by atoms with Gasteiger partial charge in [-0.15, -0.1) is 0 Å². The summed E-state index contributed by atoms with van der Waals surface area (Å²) in [5.74, 6) is 0. The first-order chi connectivity index (χ1) is 25.3. The first kappa shape index (κ1) is 29.2. The quantitative estimate of drug-likeness (QED) is 0.182. The third-order valence-electron chi connectivity index (χ3n) is 10.2. The summed E-state index contributed by atoms with van der Waals surface area (Å²) >= 11 is 0. The van der Waals surface area contributed by atoms with E-state index in [9.17, 15) is 0 Å². The second-order valence-corrected chi connectivity index (χ2v) is 13.2. The van der Waals surface area contributed by atoms with Gasteiger partial charge in [-0.2, -0.15) is 0 Å². The maximum atomic E-state index is 4.58. The third kappa shape index (κ3) is 5.08. The number of aromatic nitrogens is 2. The molecule has 238 valence electrons. The lowest BCUT2D eigenvalue weighted by Gasteiger charge is -2.12. The van der Waals surface area contributed by atoms with Gasteiger partial charge in [-0.25, -0.2) is 0 Å². The van der Waals surface area contributed by atoms with Crippen molar-refractivity contribution in [2.24, 2.45) is 0 Å². The van der Waals surface area contributed by atoms with Crippen molar-refractivity contribution in [3.63, 3.8) is 0 Å². The summed E-state index contributed by atoms with van der Waals surface area (Å²) in [4.78, 5) is 4.58. The van der Waals surface area contributed by atoms with E-state index in [0.29, 0.717) is 0 Å². The van der Waals surface area contributed by atoms with Crippen molar-refractivity contribution in [2.45, 2.75) is 0 Å². The van der Waals surface area contributed by atoms with E-state index in [4.69, 9.17) is 0 Å². The average Bonchev–Trinajstić information content (AvgIpc) is 3.55. The number of hydrogen-bond acceptors (Lipinski definition) is 1.